The molecule has 0 aromatic heterocycles. The lowest BCUT2D eigenvalue weighted by Crippen LogP contribution is -2.32. The van der Waals surface area contributed by atoms with Gasteiger partial charge in [0, 0.05) is 6.04 Å². The molecule has 0 bridgehead atoms. The Hall–Kier alpha value is -1.02. The summed E-state index contributed by atoms with van der Waals surface area (Å²) in [4.78, 5) is 0. The van der Waals surface area contributed by atoms with E-state index in [4.69, 9.17) is 4.74 Å². The molecule has 2 nitrogen and oxygen atoms in total. The molecule has 0 fully saturated rings. The summed E-state index contributed by atoms with van der Waals surface area (Å²) >= 11 is 0. The Labute approximate surface area is 112 Å². The smallest absolute Gasteiger partial charge is 0.119 e. The van der Waals surface area contributed by atoms with Gasteiger partial charge in [-0.15, -0.1) is 0 Å². The maximum absolute atomic E-state index is 5.76. The van der Waals surface area contributed by atoms with Crippen molar-refractivity contribution in [2.45, 2.75) is 52.5 Å². The summed E-state index contributed by atoms with van der Waals surface area (Å²) in [6.07, 6.45) is 4.85. The van der Waals surface area contributed by atoms with Gasteiger partial charge in [-0.05, 0) is 50.4 Å². The summed E-state index contributed by atoms with van der Waals surface area (Å²) in [5, 5.41) is 3.42. The van der Waals surface area contributed by atoms with E-state index in [0.29, 0.717) is 6.04 Å². The largest absolute Gasteiger partial charge is 0.492 e. The SMILES string of the molecule is CCCCc1ccc(OCC(C)NCCC)cc1. The Morgan fingerprint density at radius 2 is 1.83 bits per heavy atom. The maximum atomic E-state index is 5.76. The number of hydrogen-bond donors (Lipinski definition) is 1. The second-order valence-electron chi connectivity index (χ2n) is 4.91. The van der Waals surface area contributed by atoms with Crippen LogP contribution in [0.3, 0.4) is 0 Å². The van der Waals surface area contributed by atoms with Gasteiger partial charge in [0.1, 0.15) is 12.4 Å². The van der Waals surface area contributed by atoms with Gasteiger partial charge in [-0.1, -0.05) is 32.4 Å². The summed E-state index contributed by atoms with van der Waals surface area (Å²) in [6.45, 7) is 8.35. The third-order valence-corrected chi connectivity index (χ3v) is 2.99. The maximum Gasteiger partial charge on any atom is 0.119 e. The lowest BCUT2D eigenvalue weighted by atomic mass is 10.1. The van der Waals surface area contributed by atoms with Gasteiger partial charge in [0.2, 0.25) is 0 Å². The van der Waals surface area contributed by atoms with E-state index in [1.54, 1.807) is 0 Å². The Bertz CT molecular complexity index is 307. The van der Waals surface area contributed by atoms with Crippen LogP contribution in [0.4, 0.5) is 0 Å². The van der Waals surface area contributed by atoms with E-state index in [9.17, 15) is 0 Å². The molecule has 0 heterocycles. The molecule has 1 unspecified atom stereocenters. The zero-order valence-electron chi connectivity index (χ0n) is 12.0. The van der Waals surface area contributed by atoms with E-state index in [0.717, 1.165) is 25.3 Å². The highest BCUT2D eigenvalue weighted by atomic mass is 16.5. The minimum atomic E-state index is 0.407. The van der Waals surface area contributed by atoms with Crippen LogP contribution in [0.25, 0.3) is 0 Å². The highest BCUT2D eigenvalue weighted by molar-refractivity contribution is 5.27. The summed E-state index contributed by atoms with van der Waals surface area (Å²) in [6, 6.07) is 8.92. The fourth-order valence-electron chi connectivity index (χ4n) is 1.80. The summed E-state index contributed by atoms with van der Waals surface area (Å²) in [5.74, 6) is 0.973. The van der Waals surface area contributed by atoms with E-state index in [1.165, 1.54) is 24.8 Å². The molecule has 0 aliphatic heterocycles. The first-order valence-corrected chi connectivity index (χ1v) is 7.21. The molecule has 0 aliphatic carbocycles. The lowest BCUT2D eigenvalue weighted by Gasteiger charge is -2.14. The topological polar surface area (TPSA) is 21.3 Å². The van der Waals surface area contributed by atoms with E-state index in [1.807, 2.05) is 0 Å². The van der Waals surface area contributed by atoms with E-state index in [-0.39, 0.29) is 0 Å². The standard InChI is InChI=1S/C16H27NO/c1-4-6-7-15-8-10-16(11-9-15)18-13-14(3)17-12-5-2/h8-11,14,17H,4-7,12-13H2,1-3H3. The third kappa shape index (κ3) is 6.06. The first-order valence-electron chi connectivity index (χ1n) is 7.21. The highest BCUT2D eigenvalue weighted by Gasteiger charge is 2.01. The van der Waals surface area contributed by atoms with E-state index in [2.05, 4.69) is 50.4 Å². The van der Waals surface area contributed by atoms with Crippen molar-refractivity contribution in [3.05, 3.63) is 29.8 Å². The minimum Gasteiger partial charge on any atom is -0.492 e. The van der Waals surface area contributed by atoms with Gasteiger partial charge in [0.25, 0.3) is 0 Å². The summed E-state index contributed by atoms with van der Waals surface area (Å²) < 4.78 is 5.76. The van der Waals surface area contributed by atoms with Gasteiger partial charge in [-0.25, -0.2) is 0 Å². The van der Waals surface area contributed by atoms with Crippen LogP contribution < -0.4 is 10.1 Å². The molecule has 1 aromatic rings. The molecule has 0 amide bonds. The third-order valence-electron chi connectivity index (χ3n) is 2.99. The van der Waals surface area contributed by atoms with Gasteiger partial charge < -0.3 is 10.1 Å². The number of unbranched alkanes of at least 4 members (excludes halogenated alkanes) is 1. The molecular formula is C16H27NO. The molecule has 102 valence electrons. The van der Waals surface area contributed by atoms with Crippen molar-refractivity contribution in [2.24, 2.45) is 0 Å². The van der Waals surface area contributed by atoms with Crippen molar-refractivity contribution in [1.29, 1.82) is 0 Å². The van der Waals surface area contributed by atoms with Crippen molar-refractivity contribution in [3.63, 3.8) is 0 Å². The highest BCUT2D eigenvalue weighted by Crippen LogP contribution is 2.14. The van der Waals surface area contributed by atoms with Crippen LogP contribution >= 0.6 is 0 Å². The lowest BCUT2D eigenvalue weighted by molar-refractivity contribution is 0.273. The molecule has 1 aromatic carbocycles. The normalized spacial score (nSPS) is 12.4. The van der Waals surface area contributed by atoms with Crippen LogP contribution in [-0.4, -0.2) is 19.2 Å². The second kappa shape index (κ2) is 8.98. The number of ether oxygens (including phenoxy) is 1. The molecule has 1 atom stereocenters. The number of aryl methyl sites for hydroxylation is 1. The van der Waals surface area contributed by atoms with Crippen molar-refractivity contribution in [1.82, 2.24) is 5.32 Å². The van der Waals surface area contributed by atoms with Gasteiger partial charge in [0.15, 0.2) is 0 Å². The van der Waals surface area contributed by atoms with Crippen molar-refractivity contribution in [2.75, 3.05) is 13.2 Å². The number of rotatable bonds is 9. The molecule has 0 radical (unpaired) electrons. The molecule has 18 heavy (non-hydrogen) atoms. The van der Waals surface area contributed by atoms with Crippen molar-refractivity contribution in [3.8, 4) is 5.75 Å². The Kier molecular flexibility index (Phi) is 7.51. The zero-order chi connectivity index (χ0) is 13.2. The Morgan fingerprint density at radius 3 is 2.44 bits per heavy atom. The van der Waals surface area contributed by atoms with Gasteiger partial charge in [0.05, 0.1) is 0 Å². The summed E-state index contributed by atoms with van der Waals surface area (Å²) in [5.41, 5.74) is 1.40. The quantitative estimate of drug-likeness (QED) is 0.719. The molecule has 1 N–H and O–H groups in total. The first kappa shape index (κ1) is 15.0. The number of hydrogen-bond acceptors (Lipinski definition) is 2. The minimum absolute atomic E-state index is 0.407. The molecule has 2 heteroatoms. The zero-order valence-corrected chi connectivity index (χ0v) is 12.0. The fraction of sp³-hybridized carbons (Fsp3) is 0.625. The molecule has 0 saturated carbocycles. The van der Waals surface area contributed by atoms with Crippen LogP contribution in [0, 0.1) is 0 Å². The first-order chi connectivity index (χ1) is 8.76. The molecule has 0 aliphatic rings. The van der Waals surface area contributed by atoms with Gasteiger partial charge >= 0.3 is 0 Å². The van der Waals surface area contributed by atoms with E-state index < -0.39 is 0 Å². The average Bonchev–Trinajstić information content (AvgIpc) is 2.41. The van der Waals surface area contributed by atoms with Crippen LogP contribution in [0.5, 0.6) is 5.75 Å². The van der Waals surface area contributed by atoms with Gasteiger partial charge in [-0.2, -0.15) is 0 Å². The van der Waals surface area contributed by atoms with Crippen molar-refractivity contribution >= 4 is 0 Å². The Balaban J connectivity index is 2.30. The van der Waals surface area contributed by atoms with E-state index >= 15 is 0 Å². The van der Waals surface area contributed by atoms with Crippen LogP contribution in [0.2, 0.25) is 0 Å². The van der Waals surface area contributed by atoms with Crippen LogP contribution in [0.1, 0.15) is 45.6 Å². The molecule has 0 spiro atoms. The molecule has 1 rings (SSSR count). The number of benzene rings is 1. The molecular weight excluding hydrogens is 222 g/mol. The predicted molar refractivity (Wildman–Crippen MR) is 78.3 cm³/mol. The molecule has 0 saturated heterocycles. The fourth-order valence-corrected chi connectivity index (χ4v) is 1.80. The second-order valence-corrected chi connectivity index (χ2v) is 4.91. The average molecular weight is 249 g/mol. The number of nitrogens with one attached hydrogen (secondary N) is 1. The van der Waals surface area contributed by atoms with Crippen molar-refractivity contribution < 1.29 is 4.74 Å². The van der Waals surface area contributed by atoms with Crippen LogP contribution in [-0.2, 0) is 6.42 Å². The monoisotopic (exact) mass is 249 g/mol. The van der Waals surface area contributed by atoms with Crippen LogP contribution in [0.15, 0.2) is 24.3 Å². The predicted octanol–water partition coefficient (Wildman–Crippen LogP) is 3.80. The Morgan fingerprint density at radius 1 is 1.11 bits per heavy atom. The van der Waals surface area contributed by atoms with Gasteiger partial charge in [-0.3, -0.25) is 0 Å². The summed E-state index contributed by atoms with van der Waals surface area (Å²) in [7, 11) is 0.